The summed E-state index contributed by atoms with van der Waals surface area (Å²) in [6.45, 7) is 3.50. The van der Waals surface area contributed by atoms with E-state index in [4.69, 9.17) is 21.1 Å². The Labute approximate surface area is 163 Å². The van der Waals surface area contributed by atoms with E-state index in [0.29, 0.717) is 37.8 Å². The van der Waals surface area contributed by atoms with E-state index in [1.54, 1.807) is 4.90 Å². The van der Waals surface area contributed by atoms with Gasteiger partial charge in [0.2, 0.25) is 0 Å². The number of fused-ring (bicyclic) bond motifs is 1. The lowest BCUT2D eigenvalue weighted by Crippen LogP contribution is -2.31. The van der Waals surface area contributed by atoms with Gasteiger partial charge in [0.25, 0.3) is 5.91 Å². The summed E-state index contributed by atoms with van der Waals surface area (Å²) in [6.07, 6.45) is 1.09. The molecule has 0 saturated heterocycles. The van der Waals surface area contributed by atoms with Gasteiger partial charge in [-0.2, -0.15) is 0 Å². The van der Waals surface area contributed by atoms with Gasteiger partial charge in [0.1, 0.15) is 13.2 Å². The number of carbonyl (C=O) groups excluding carboxylic acids is 1. The third-order valence-corrected chi connectivity index (χ3v) is 5.71. The smallest absolute Gasteiger partial charge is 0.255 e. The van der Waals surface area contributed by atoms with Crippen LogP contribution >= 0.6 is 11.6 Å². The van der Waals surface area contributed by atoms with E-state index >= 15 is 0 Å². The maximum Gasteiger partial charge on any atom is 0.255 e. The average molecular weight is 410 g/mol. The number of amides is 1. The zero-order valence-corrected chi connectivity index (χ0v) is 16.6. The molecule has 27 heavy (non-hydrogen) atoms. The molecular weight excluding hydrogens is 390 g/mol. The van der Waals surface area contributed by atoms with Gasteiger partial charge in [0.15, 0.2) is 21.3 Å². The number of benzene rings is 2. The molecule has 0 spiro atoms. The second kappa shape index (κ2) is 7.78. The molecule has 0 bridgehead atoms. The van der Waals surface area contributed by atoms with E-state index in [9.17, 15) is 13.2 Å². The number of ether oxygens (including phenoxy) is 2. The molecule has 2 aromatic rings. The summed E-state index contributed by atoms with van der Waals surface area (Å²) in [4.78, 5) is 14.7. The molecule has 1 amide bonds. The van der Waals surface area contributed by atoms with Crippen LogP contribution in [0.15, 0.2) is 41.3 Å². The highest BCUT2D eigenvalue weighted by Gasteiger charge is 2.23. The topological polar surface area (TPSA) is 72.9 Å². The highest BCUT2D eigenvalue weighted by molar-refractivity contribution is 7.90. The van der Waals surface area contributed by atoms with Crippen LogP contribution in [-0.2, 0) is 16.4 Å². The van der Waals surface area contributed by atoms with E-state index in [1.165, 1.54) is 18.2 Å². The van der Waals surface area contributed by atoms with Gasteiger partial charge in [-0.15, -0.1) is 0 Å². The van der Waals surface area contributed by atoms with Gasteiger partial charge in [-0.25, -0.2) is 8.42 Å². The third kappa shape index (κ3) is 4.20. The minimum absolute atomic E-state index is 0.0557. The van der Waals surface area contributed by atoms with Crippen molar-refractivity contribution in [3.63, 3.8) is 0 Å². The number of nitrogens with zero attached hydrogens (tertiary/aromatic N) is 1. The molecule has 144 valence electrons. The zero-order chi connectivity index (χ0) is 19.6. The first-order valence-corrected chi connectivity index (χ1v) is 10.7. The van der Waals surface area contributed by atoms with Crippen molar-refractivity contribution in [1.82, 2.24) is 4.90 Å². The largest absolute Gasteiger partial charge is 0.486 e. The predicted molar refractivity (Wildman–Crippen MR) is 102 cm³/mol. The molecule has 1 aliphatic heterocycles. The Morgan fingerprint density at radius 2 is 1.93 bits per heavy atom. The molecule has 0 unspecified atom stereocenters. The predicted octanol–water partition coefficient (Wildman–Crippen LogP) is 3.18. The lowest BCUT2D eigenvalue weighted by molar-refractivity contribution is 0.0749. The number of para-hydroxylation sites is 1. The second-order valence-electron chi connectivity index (χ2n) is 6.17. The Hall–Kier alpha value is -2.25. The Kier molecular flexibility index (Phi) is 5.62. The first kappa shape index (κ1) is 19.5. The highest BCUT2D eigenvalue weighted by Crippen LogP contribution is 2.34. The lowest BCUT2D eigenvalue weighted by Gasteiger charge is -2.25. The van der Waals surface area contributed by atoms with Crippen molar-refractivity contribution in [2.75, 3.05) is 26.0 Å². The van der Waals surface area contributed by atoms with Crippen LogP contribution in [0, 0.1) is 0 Å². The first-order chi connectivity index (χ1) is 12.8. The first-order valence-electron chi connectivity index (χ1n) is 8.47. The van der Waals surface area contributed by atoms with Crippen LogP contribution in [0.5, 0.6) is 11.5 Å². The van der Waals surface area contributed by atoms with E-state index in [-0.39, 0.29) is 21.4 Å². The maximum absolute atomic E-state index is 13.0. The summed E-state index contributed by atoms with van der Waals surface area (Å²) in [5.41, 5.74) is 0.973. The monoisotopic (exact) mass is 409 g/mol. The fraction of sp³-hybridized carbons (Fsp3) is 0.316. The number of halogens is 1. The van der Waals surface area contributed by atoms with Crippen LogP contribution in [0.25, 0.3) is 0 Å². The summed E-state index contributed by atoms with van der Waals surface area (Å²) >= 11 is 6.17. The molecule has 3 rings (SSSR count). The quantitative estimate of drug-likeness (QED) is 0.758. The molecule has 0 aromatic heterocycles. The normalized spacial score (nSPS) is 13.3. The summed E-state index contributed by atoms with van der Waals surface area (Å²) in [5.74, 6) is 0.938. The Morgan fingerprint density at radius 3 is 2.63 bits per heavy atom. The van der Waals surface area contributed by atoms with E-state index < -0.39 is 9.84 Å². The van der Waals surface area contributed by atoms with E-state index in [2.05, 4.69) is 0 Å². The summed E-state index contributed by atoms with van der Waals surface area (Å²) in [6, 6.07) is 9.69. The molecular formula is C19H20ClNO5S. The highest BCUT2D eigenvalue weighted by atomic mass is 35.5. The molecule has 0 aliphatic carbocycles. The molecule has 8 heteroatoms. The van der Waals surface area contributed by atoms with Crippen molar-refractivity contribution in [2.24, 2.45) is 0 Å². The van der Waals surface area contributed by atoms with Crippen LogP contribution in [0.4, 0.5) is 0 Å². The second-order valence-corrected chi connectivity index (χ2v) is 8.60. The molecule has 0 N–H and O–H groups in total. The Bertz CT molecular complexity index is 974. The van der Waals surface area contributed by atoms with Crippen LogP contribution in [0.1, 0.15) is 22.8 Å². The van der Waals surface area contributed by atoms with Gasteiger partial charge in [-0.1, -0.05) is 23.7 Å². The van der Waals surface area contributed by atoms with Gasteiger partial charge in [-0.05, 0) is 31.2 Å². The van der Waals surface area contributed by atoms with Crippen molar-refractivity contribution in [2.45, 2.75) is 18.4 Å². The van der Waals surface area contributed by atoms with Crippen LogP contribution in [0.2, 0.25) is 5.02 Å². The zero-order valence-electron chi connectivity index (χ0n) is 15.1. The summed E-state index contributed by atoms with van der Waals surface area (Å²) in [5, 5.41) is 0.209. The van der Waals surface area contributed by atoms with E-state index in [0.717, 1.165) is 11.8 Å². The van der Waals surface area contributed by atoms with Crippen molar-refractivity contribution in [3.05, 3.63) is 52.5 Å². The molecule has 1 aliphatic rings. The van der Waals surface area contributed by atoms with Crippen LogP contribution < -0.4 is 9.47 Å². The number of carbonyl (C=O) groups is 1. The summed E-state index contributed by atoms with van der Waals surface area (Å²) < 4.78 is 34.9. The Balaban J connectivity index is 1.92. The molecule has 0 saturated carbocycles. The molecule has 0 atom stereocenters. The van der Waals surface area contributed by atoms with Gasteiger partial charge in [0.05, 0.1) is 15.5 Å². The van der Waals surface area contributed by atoms with Crippen LogP contribution in [0.3, 0.4) is 0 Å². The van der Waals surface area contributed by atoms with Gasteiger partial charge < -0.3 is 14.4 Å². The number of rotatable bonds is 5. The Morgan fingerprint density at radius 1 is 1.19 bits per heavy atom. The van der Waals surface area contributed by atoms with Crippen LogP contribution in [-0.4, -0.2) is 45.2 Å². The van der Waals surface area contributed by atoms with Crippen molar-refractivity contribution >= 4 is 27.3 Å². The summed E-state index contributed by atoms with van der Waals surface area (Å²) in [7, 11) is -3.44. The standard InChI is InChI=1S/C19H20ClNO5S/c1-3-21(12-13-5-4-6-17-18(13)26-10-9-25-17)19(22)15-11-14(27(2,23)24)7-8-16(15)20/h4-8,11H,3,9-10,12H2,1-2H3. The number of hydrogen-bond donors (Lipinski definition) is 0. The van der Waals surface area contributed by atoms with Gasteiger partial charge in [-0.3, -0.25) is 4.79 Å². The van der Waals surface area contributed by atoms with Gasteiger partial charge >= 0.3 is 0 Å². The molecule has 0 radical (unpaired) electrons. The number of hydrogen-bond acceptors (Lipinski definition) is 5. The third-order valence-electron chi connectivity index (χ3n) is 4.27. The molecule has 2 aromatic carbocycles. The molecule has 6 nitrogen and oxygen atoms in total. The molecule has 0 fully saturated rings. The van der Waals surface area contributed by atoms with Gasteiger partial charge in [0, 0.05) is 24.9 Å². The van der Waals surface area contributed by atoms with Crippen molar-refractivity contribution in [1.29, 1.82) is 0 Å². The fourth-order valence-electron chi connectivity index (χ4n) is 2.86. The minimum Gasteiger partial charge on any atom is -0.486 e. The van der Waals surface area contributed by atoms with Crippen molar-refractivity contribution in [3.8, 4) is 11.5 Å². The maximum atomic E-state index is 13.0. The minimum atomic E-state index is -3.44. The number of sulfone groups is 1. The SMILES string of the molecule is CCN(Cc1cccc2c1OCCO2)C(=O)c1cc(S(C)(=O)=O)ccc1Cl. The lowest BCUT2D eigenvalue weighted by atomic mass is 10.1. The van der Waals surface area contributed by atoms with Crippen molar-refractivity contribution < 1.29 is 22.7 Å². The fourth-order valence-corrected chi connectivity index (χ4v) is 3.71. The molecule has 1 heterocycles. The average Bonchev–Trinajstić information content (AvgIpc) is 2.65. The van der Waals surface area contributed by atoms with E-state index in [1.807, 2.05) is 25.1 Å².